The summed E-state index contributed by atoms with van der Waals surface area (Å²) in [5, 5.41) is 4.56. The lowest BCUT2D eigenvalue weighted by Crippen LogP contribution is -1.92. The van der Waals surface area contributed by atoms with Crippen LogP contribution in [0.25, 0.3) is 32.7 Å². The highest BCUT2D eigenvalue weighted by atomic mass is 16.5. The summed E-state index contributed by atoms with van der Waals surface area (Å²) in [5.41, 5.74) is 2.37. The van der Waals surface area contributed by atoms with Gasteiger partial charge in [0.2, 0.25) is 0 Å². The van der Waals surface area contributed by atoms with Crippen molar-refractivity contribution in [3.05, 3.63) is 103 Å². The molecular weight excluding hydrogens is 330 g/mol. The summed E-state index contributed by atoms with van der Waals surface area (Å²) >= 11 is 0. The summed E-state index contributed by atoms with van der Waals surface area (Å²) in [7, 11) is 0. The maximum atomic E-state index is 6.38. The highest BCUT2D eigenvalue weighted by Gasteiger charge is 2.16. The van der Waals surface area contributed by atoms with Gasteiger partial charge in [-0.2, -0.15) is 0 Å². The van der Waals surface area contributed by atoms with Gasteiger partial charge in [0.15, 0.2) is 0 Å². The lowest BCUT2D eigenvalue weighted by atomic mass is 9.91. The molecule has 0 aliphatic rings. The fourth-order valence-electron chi connectivity index (χ4n) is 3.63. The molecule has 0 N–H and O–H groups in total. The van der Waals surface area contributed by atoms with Gasteiger partial charge in [0.05, 0.1) is 0 Å². The highest BCUT2D eigenvalue weighted by Crippen LogP contribution is 2.44. The Morgan fingerprint density at radius 3 is 1.63 bits per heavy atom. The Hall–Kier alpha value is -3.65. The van der Waals surface area contributed by atoms with Crippen LogP contribution in [-0.4, -0.2) is 4.98 Å². The van der Waals surface area contributed by atoms with Crippen LogP contribution in [0, 0.1) is 0 Å². The predicted molar refractivity (Wildman–Crippen MR) is 111 cm³/mol. The second-order valence-electron chi connectivity index (χ2n) is 6.45. The summed E-state index contributed by atoms with van der Waals surface area (Å²) < 4.78 is 6.38. The van der Waals surface area contributed by atoms with Crippen LogP contribution >= 0.6 is 0 Å². The van der Waals surface area contributed by atoms with Gasteiger partial charge >= 0.3 is 0 Å². The number of fused-ring (bicyclic) bond motifs is 2. The van der Waals surface area contributed by atoms with Crippen LogP contribution in [-0.2, 0) is 0 Å². The number of ether oxygens (including phenoxy) is 1. The molecule has 2 nitrogen and oxygen atoms in total. The number of rotatable bonds is 3. The van der Waals surface area contributed by atoms with Crippen LogP contribution in [0.1, 0.15) is 0 Å². The van der Waals surface area contributed by atoms with Gasteiger partial charge in [-0.1, -0.05) is 66.7 Å². The Labute approximate surface area is 157 Å². The van der Waals surface area contributed by atoms with E-state index in [1.165, 1.54) is 16.3 Å². The van der Waals surface area contributed by atoms with Gasteiger partial charge in [-0.25, -0.2) is 0 Å². The van der Waals surface area contributed by atoms with Crippen molar-refractivity contribution >= 4 is 21.5 Å². The molecule has 0 saturated heterocycles. The minimum Gasteiger partial charge on any atom is -0.456 e. The maximum absolute atomic E-state index is 6.38. The fraction of sp³-hybridized carbons (Fsp3) is 0. The minimum atomic E-state index is 0.837. The van der Waals surface area contributed by atoms with Gasteiger partial charge in [-0.15, -0.1) is 0 Å². The zero-order chi connectivity index (χ0) is 18.1. The third kappa shape index (κ3) is 2.72. The van der Waals surface area contributed by atoms with Gasteiger partial charge in [0.1, 0.15) is 11.5 Å². The molecule has 0 aliphatic carbocycles. The number of hydrogen-bond acceptors (Lipinski definition) is 2. The standard InChI is InChI=1S/C25H17NO/c1-2-8-19(9-3-1)27-25-22-12-6-4-10-20(22)24(18-14-16-26-17-15-18)21-11-5-7-13-23(21)25/h1-17H. The number of nitrogens with zero attached hydrogens (tertiary/aromatic N) is 1. The molecule has 27 heavy (non-hydrogen) atoms. The molecule has 5 rings (SSSR count). The van der Waals surface area contributed by atoms with Gasteiger partial charge in [-0.3, -0.25) is 4.98 Å². The predicted octanol–water partition coefficient (Wildman–Crippen LogP) is 6.85. The van der Waals surface area contributed by atoms with Crippen LogP contribution in [0.4, 0.5) is 0 Å². The van der Waals surface area contributed by atoms with E-state index in [9.17, 15) is 0 Å². The second kappa shape index (κ2) is 6.58. The monoisotopic (exact) mass is 347 g/mol. The van der Waals surface area contributed by atoms with Crippen molar-refractivity contribution in [3.63, 3.8) is 0 Å². The van der Waals surface area contributed by atoms with Gasteiger partial charge in [-0.05, 0) is 46.2 Å². The fourth-order valence-corrected chi connectivity index (χ4v) is 3.63. The molecule has 2 heteroatoms. The van der Waals surface area contributed by atoms with Crippen LogP contribution in [0.5, 0.6) is 11.5 Å². The molecule has 0 aliphatic heterocycles. The zero-order valence-corrected chi connectivity index (χ0v) is 14.7. The van der Waals surface area contributed by atoms with E-state index in [0.29, 0.717) is 0 Å². The molecule has 0 fully saturated rings. The number of hydrogen-bond donors (Lipinski definition) is 0. The van der Waals surface area contributed by atoms with Crippen molar-refractivity contribution in [2.24, 2.45) is 0 Å². The van der Waals surface area contributed by atoms with Gasteiger partial charge in [0.25, 0.3) is 0 Å². The molecule has 0 atom stereocenters. The van der Waals surface area contributed by atoms with Crippen molar-refractivity contribution in [1.29, 1.82) is 0 Å². The molecule has 0 spiro atoms. The van der Waals surface area contributed by atoms with Gasteiger partial charge < -0.3 is 4.74 Å². The first kappa shape index (κ1) is 15.6. The first-order valence-corrected chi connectivity index (χ1v) is 8.98. The average molecular weight is 347 g/mol. The topological polar surface area (TPSA) is 22.1 Å². The van der Waals surface area contributed by atoms with E-state index < -0.39 is 0 Å². The Morgan fingerprint density at radius 1 is 0.519 bits per heavy atom. The molecule has 4 aromatic carbocycles. The third-order valence-corrected chi connectivity index (χ3v) is 4.81. The highest BCUT2D eigenvalue weighted by molar-refractivity contribution is 6.17. The summed E-state index contributed by atoms with van der Waals surface area (Å²) in [6.07, 6.45) is 3.68. The van der Waals surface area contributed by atoms with Crippen LogP contribution in [0.3, 0.4) is 0 Å². The van der Waals surface area contributed by atoms with Crippen molar-refractivity contribution in [2.75, 3.05) is 0 Å². The van der Waals surface area contributed by atoms with E-state index in [1.54, 1.807) is 0 Å². The summed E-state index contributed by atoms with van der Waals surface area (Å²) in [6.45, 7) is 0. The van der Waals surface area contributed by atoms with Crippen molar-refractivity contribution in [2.45, 2.75) is 0 Å². The number of para-hydroxylation sites is 1. The Balaban J connectivity index is 1.89. The Bertz CT molecular complexity index is 1170. The largest absolute Gasteiger partial charge is 0.456 e. The average Bonchev–Trinajstić information content (AvgIpc) is 2.75. The Kier molecular flexibility index (Phi) is 3.80. The molecule has 0 saturated carbocycles. The number of aromatic nitrogens is 1. The molecule has 5 aromatic rings. The normalized spacial score (nSPS) is 11.0. The van der Waals surface area contributed by atoms with E-state index in [0.717, 1.165) is 27.8 Å². The molecule has 0 unspecified atom stereocenters. The molecule has 1 heterocycles. The van der Waals surface area contributed by atoms with E-state index in [2.05, 4.69) is 65.6 Å². The van der Waals surface area contributed by atoms with E-state index in [-0.39, 0.29) is 0 Å². The van der Waals surface area contributed by atoms with E-state index in [1.807, 2.05) is 42.7 Å². The van der Waals surface area contributed by atoms with Crippen LogP contribution in [0.15, 0.2) is 103 Å². The lowest BCUT2D eigenvalue weighted by molar-refractivity contribution is 0.494. The van der Waals surface area contributed by atoms with Gasteiger partial charge in [0, 0.05) is 23.2 Å². The smallest absolute Gasteiger partial charge is 0.143 e. The van der Waals surface area contributed by atoms with Crippen molar-refractivity contribution in [3.8, 4) is 22.6 Å². The van der Waals surface area contributed by atoms with Crippen molar-refractivity contribution in [1.82, 2.24) is 4.98 Å². The van der Waals surface area contributed by atoms with Crippen LogP contribution < -0.4 is 4.74 Å². The zero-order valence-electron chi connectivity index (χ0n) is 14.7. The summed E-state index contributed by atoms with van der Waals surface area (Å²) in [4.78, 5) is 4.18. The van der Waals surface area contributed by atoms with Crippen molar-refractivity contribution < 1.29 is 4.74 Å². The molecule has 128 valence electrons. The molecule has 0 radical (unpaired) electrons. The number of benzene rings is 4. The third-order valence-electron chi connectivity index (χ3n) is 4.81. The summed E-state index contributed by atoms with van der Waals surface area (Å²) in [6, 6.07) is 30.9. The quantitative estimate of drug-likeness (QED) is 0.333. The summed E-state index contributed by atoms with van der Waals surface area (Å²) in [5.74, 6) is 1.73. The SMILES string of the molecule is c1ccc(Oc2c3ccccc3c(-c3ccncc3)c3ccccc23)cc1. The van der Waals surface area contributed by atoms with Crippen LogP contribution in [0.2, 0.25) is 0 Å². The number of pyridine rings is 1. The molecule has 1 aromatic heterocycles. The van der Waals surface area contributed by atoms with E-state index in [4.69, 9.17) is 4.74 Å². The Morgan fingerprint density at radius 2 is 1.04 bits per heavy atom. The minimum absolute atomic E-state index is 0.837. The second-order valence-corrected chi connectivity index (χ2v) is 6.45. The molecular formula is C25H17NO. The maximum Gasteiger partial charge on any atom is 0.143 e. The molecule has 0 bridgehead atoms. The molecule has 0 amide bonds. The first-order valence-electron chi connectivity index (χ1n) is 8.98. The van der Waals surface area contributed by atoms with E-state index >= 15 is 0 Å². The first-order chi connectivity index (χ1) is 13.4. The lowest BCUT2D eigenvalue weighted by Gasteiger charge is -2.17.